The highest BCUT2D eigenvalue weighted by molar-refractivity contribution is 6.06. The van der Waals surface area contributed by atoms with Crippen LogP contribution in [0.5, 0.6) is 0 Å². The van der Waals surface area contributed by atoms with Crippen LogP contribution in [0.2, 0.25) is 0 Å². The van der Waals surface area contributed by atoms with E-state index < -0.39 is 0 Å². The molecule has 168 valence electrons. The van der Waals surface area contributed by atoms with E-state index in [0.29, 0.717) is 11.5 Å². The molecule has 8 heteroatoms. The number of aryl methyl sites for hydroxylation is 1. The molecule has 0 aliphatic carbocycles. The van der Waals surface area contributed by atoms with Gasteiger partial charge in [-0.05, 0) is 51.8 Å². The lowest BCUT2D eigenvalue weighted by Gasteiger charge is -2.32. The normalized spacial score (nSPS) is 14.2. The van der Waals surface area contributed by atoms with Crippen molar-refractivity contribution >= 4 is 41.8 Å². The van der Waals surface area contributed by atoms with Crippen LogP contribution in [-0.2, 0) is 6.54 Å². The Morgan fingerprint density at radius 2 is 1.87 bits per heavy atom. The number of carbonyl (C=O) groups is 1. The molecule has 1 N–H and O–H groups in total. The van der Waals surface area contributed by atoms with Crippen molar-refractivity contribution in [2.75, 3.05) is 26.7 Å². The fourth-order valence-electron chi connectivity index (χ4n) is 4.16. The number of aromatic nitrogens is 3. The van der Waals surface area contributed by atoms with Crippen LogP contribution in [0.3, 0.4) is 0 Å². The predicted molar refractivity (Wildman–Crippen MR) is 130 cm³/mol. The van der Waals surface area contributed by atoms with Gasteiger partial charge in [0.1, 0.15) is 0 Å². The maximum absolute atomic E-state index is 13.5. The predicted octanol–water partition coefficient (Wildman–Crippen LogP) is 4.42. The van der Waals surface area contributed by atoms with Crippen molar-refractivity contribution < 1.29 is 4.79 Å². The van der Waals surface area contributed by atoms with Crippen LogP contribution in [0.25, 0.3) is 22.3 Å². The van der Waals surface area contributed by atoms with Crippen molar-refractivity contribution in [3.63, 3.8) is 0 Å². The van der Waals surface area contributed by atoms with E-state index in [9.17, 15) is 4.79 Å². The topological polar surface area (TPSA) is 63.1 Å². The summed E-state index contributed by atoms with van der Waals surface area (Å²) in [4.78, 5) is 20.3. The van der Waals surface area contributed by atoms with Crippen LogP contribution in [0.4, 0.5) is 0 Å². The van der Waals surface area contributed by atoms with Crippen molar-refractivity contribution in [3.8, 4) is 11.3 Å². The van der Waals surface area contributed by atoms with Crippen LogP contribution in [-0.4, -0.2) is 52.3 Å². The summed E-state index contributed by atoms with van der Waals surface area (Å²) in [5.74, 6) is 0.795. The monoisotopic (exact) mass is 463 g/mol. The molecular formula is C23H31Cl2N5O. The van der Waals surface area contributed by atoms with E-state index in [1.54, 1.807) is 6.20 Å². The number of nitrogens with zero attached hydrogens (tertiary/aromatic N) is 4. The van der Waals surface area contributed by atoms with Crippen LogP contribution in [0.1, 0.15) is 36.5 Å². The van der Waals surface area contributed by atoms with Crippen molar-refractivity contribution in [2.45, 2.75) is 32.7 Å². The first-order chi connectivity index (χ1) is 14.2. The van der Waals surface area contributed by atoms with E-state index >= 15 is 0 Å². The van der Waals surface area contributed by atoms with Crippen molar-refractivity contribution in [2.24, 2.45) is 5.92 Å². The molecule has 1 amide bonds. The van der Waals surface area contributed by atoms with Crippen molar-refractivity contribution in [1.29, 1.82) is 0 Å². The second kappa shape index (κ2) is 11.5. The van der Waals surface area contributed by atoms with Gasteiger partial charge in [-0.25, -0.2) is 9.67 Å². The third-order valence-corrected chi connectivity index (χ3v) is 5.91. The number of pyridine rings is 1. The van der Waals surface area contributed by atoms with E-state index in [-0.39, 0.29) is 30.7 Å². The van der Waals surface area contributed by atoms with Crippen LogP contribution >= 0.6 is 24.8 Å². The third kappa shape index (κ3) is 5.37. The largest absolute Gasteiger partial charge is 0.339 e. The second-order valence-electron chi connectivity index (χ2n) is 7.75. The SMILES string of the molecule is CCn1ncc2c(C(=O)N3CCC(CCNC)CC3)cc(-c3ccccc3)nc21.Cl.Cl. The van der Waals surface area contributed by atoms with Gasteiger partial charge in [-0.15, -0.1) is 24.8 Å². The molecular weight excluding hydrogens is 433 g/mol. The maximum atomic E-state index is 13.5. The minimum absolute atomic E-state index is 0. The molecule has 0 radical (unpaired) electrons. The number of likely N-dealkylation sites (tertiary alicyclic amines) is 1. The molecule has 0 bridgehead atoms. The van der Waals surface area contributed by atoms with Gasteiger partial charge >= 0.3 is 0 Å². The minimum Gasteiger partial charge on any atom is -0.339 e. The average molecular weight is 464 g/mol. The Hall–Kier alpha value is -2.15. The zero-order chi connectivity index (χ0) is 20.2. The molecule has 4 rings (SSSR count). The van der Waals surface area contributed by atoms with Crippen LogP contribution in [0.15, 0.2) is 42.6 Å². The zero-order valence-corrected chi connectivity index (χ0v) is 19.7. The highest BCUT2D eigenvalue weighted by Crippen LogP contribution is 2.28. The number of hydrogen-bond donors (Lipinski definition) is 1. The lowest BCUT2D eigenvalue weighted by Crippen LogP contribution is -2.39. The Morgan fingerprint density at radius 1 is 1.16 bits per heavy atom. The number of piperidine rings is 1. The number of carbonyl (C=O) groups excluding carboxylic acids is 1. The number of fused-ring (bicyclic) bond motifs is 1. The summed E-state index contributed by atoms with van der Waals surface area (Å²) in [5.41, 5.74) is 3.32. The Labute approximate surface area is 196 Å². The Kier molecular flexibility index (Phi) is 9.29. The van der Waals surface area contributed by atoms with E-state index in [0.717, 1.165) is 61.3 Å². The van der Waals surface area contributed by atoms with E-state index in [4.69, 9.17) is 4.98 Å². The van der Waals surface area contributed by atoms with Gasteiger partial charge in [0.25, 0.3) is 5.91 Å². The van der Waals surface area contributed by atoms with Gasteiger partial charge in [0.05, 0.1) is 22.8 Å². The standard InChI is InChI=1S/C23H29N5O.2ClH/c1-3-28-22-20(16-25-28)19(15-21(26-22)18-7-5-4-6-8-18)23(29)27-13-10-17(11-14-27)9-12-24-2;;/h4-8,15-17,24H,3,9-14H2,1-2H3;2*1H. The first kappa shape index (κ1) is 25.1. The molecule has 3 heterocycles. The van der Waals surface area contributed by atoms with Gasteiger partial charge in [0.2, 0.25) is 0 Å². The number of hydrogen-bond acceptors (Lipinski definition) is 4. The summed E-state index contributed by atoms with van der Waals surface area (Å²) in [6, 6.07) is 12.0. The van der Waals surface area contributed by atoms with E-state index in [1.807, 2.05) is 60.0 Å². The van der Waals surface area contributed by atoms with Gasteiger partial charge in [-0.3, -0.25) is 4.79 Å². The number of rotatable bonds is 6. The third-order valence-electron chi connectivity index (χ3n) is 5.91. The molecule has 6 nitrogen and oxygen atoms in total. The summed E-state index contributed by atoms with van der Waals surface area (Å²) in [6.07, 6.45) is 5.11. The summed E-state index contributed by atoms with van der Waals surface area (Å²) in [5, 5.41) is 8.53. The number of nitrogens with one attached hydrogen (secondary N) is 1. The highest BCUT2D eigenvalue weighted by atomic mass is 35.5. The molecule has 1 saturated heterocycles. The molecule has 1 aliphatic heterocycles. The Balaban J connectivity index is 0.00000171. The lowest BCUT2D eigenvalue weighted by molar-refractivity contribution is 0.0689. The zero-order valence-electron chi connectivity index (χ0n) is 18.1. The first-order valence-corrected chi connectivity index (χ1v) is 10.6. The van der Waals surface area contributed by atoms with Gasteiger partial charge in [0, 0.05) is 25.2 Å². The first-order valence-electron chi connectivity index (χ1n) is 10.6. The Bertz CT molecular complexity index is 984. The molecule has 1 aliphatic rings. The van der Waals surface area contributed by atoms with Gasteiger partial charge < -0.3 is 10.2 Å². The average Bonchev–Trinajstić information content (AvgIpc) is 3.20. The molecule has 1 aromatic carbocycles. The molecule has 1 fully saturated rings. The second-order valence-corrected chi connectivity index (χ2v) is 7.75. The summed E-state index contributed by atoms with van der Waals surface area (Å²) in [6.45, 7) is 5.44. The Morgan fingerprint density at radius 3 is 2.52 bits per heavy atom. The lowest BCUT2D eigenvalue weighted by atomic mass is 9.93. The number of amides is 1. The molecule has 2 aromatic heterocycles. The number of halogens is 2. The quantitative estimate of drug-likeness (QED) is 0.587. The van der Waals surface area contributed by atoms with E-state index in [2.05, 4.69) is 10.4 Å². The summed E-state index contributed by atoms with van der Waals surface area (Å²) >= 11 is 0. The van der Waals surface area contributed by atoms with Gasteiger partial charge in [-0.1, -0.05) is 30.3 Å². The van der Waals surface area contributed by atoms with Crippen LogP contribution < -0.4 is 5.32 Å². The summed E-state index contributed by atoms with van der Waals surface area (Å²) < 4.78 is 1.86. The molecule has 0 atom stereocenters. The van der Waals surface area contributed by atoms with Crippen LogP contribution in [0, 0.1) is 5.92 Å². The maximum Gasteiger partial charge on any atom is 0.254 e. The molecule has 0 unspecified atom stereocenters. The fraction of sp³-hybridized carbons (Fsp3) is 0.435. The fourth-order valence-corrected chi connectivity index (χ4v) is 4.16. The van der Waals surface area contributed by atoms with Gasteiger partial charge in [-0.2, -0.15) is 5.10 Å². The molecule has 0 spiro atoms. The molecule has 3 aromatic rings. The molecule has 31 heavy (non-hydrogen) atoms. The minimum atomic E-state index is 0. The van der Waals surface area contributed by atoms with Gasteiger partial charge in [0.15, 0.2) is 5.65 Å². The van der Waals surface area contributed by atoms with E-state index in [1.165, 1.54) is 6.42 Å². The van der Waals surface area contributed by atoms with Crippen molar-refractivity contribution in [3.05, 3.63) is 48.2 Å². The number of benzene rings is 1. The summed E-state index contributed by atoms with van der Waals surface area (Å²) in [7, 11) is 1.99. The highest BCUT2D eigenvalue weighted by Gasteiger charge is 2.26. The van der Waals surface area contributed by atoms with Crippen molar-refractivity contribution in [1.82, 2.24) is 25.0 Å². The smallest absolute Gasteiger partial charge is 0.254 e. The molecule has 0 saturated carbocycles.